The van der Waals surface area contributed by atoms with E-state index in [0.717, 1.165) is 16.6 Å². The van der Waals surface area contributed by atoms with Gasteiger partial charge in [-0.3, -0.25) is 0 Å². The number of ether oxygens (including phenoxy) is 1. The van der Waals surface area contributed by atoms with Crippen molar-refractivity contribution in [2.45, 2.75) is 33.1 Å². The summed E-state index contributed by atoms with van der Waals surface area (Å²) in [7, 11) is 1.38. The van der Waals surface area contributed by atoms with Crippen LogP contribution in [0.3, 0.4) is 0 Å². The van der Waals surface area contributed by atoms with E-state index in [0.29, 0.717) is 11.1 Å². The van der Waals surface area contributed by atoms with Gasteiger partial charge in [0, 0.05) is 11.4 Å². The van der Waals surface area contributed by atoms with Gasteiger partial charge in [-0.1, -0.05) is 13.3 Å². The first-order valence-electron chi connectivity index (χ1n) is 5.84. The summed E-state index contributed by atoms with van der Waals surface area (Å²) in [5.74, 6) is -0.360. The molecule has 0 unspecified atom stereocenters. The van der Waals surface area contributed by atoms with Crippen molar-refractivity contribution < 1.29 is 9.53 Å². The van der Waals surface area contributed by atoms with Gasteiger partial charge >= 0.3 is 5.97 Å². The number of hydrogen-bond donors (Lipinski definition) is 1. The van der Waals surface area contributed by atoms with Gasteiger partial charge in [0.2, 0.25) is 0 Å². The third-order valence-electron chi connectivity index (χ3n) is 3.40. The van der Waals surface area contributed by atoms with Crippen molar-refractivity contribution in [2.24, 2.45) is 5.41 Å². The van der Waals surface area contributed by atoms with Crippen LogP contribution in [0, 0.1) is 12.3 Å². The van der Waals surface area contributed by atoms with Gasteiger partial charge in [-0.2, -0.15) is 0 Å². The van der Waals surface area contributed by atoms with Gasteiger partial charge in [0.1, 0.15) is 0 Å². The fourth-order valence-corrected chi connectivity index (χ4v) is 2.80. The topological polar surface area (TPSA) is 51.2 Å². The normalized spacial score (nSPS) is 17.4. The van der Waals surface area contributed by atoms with Crippen LogP contribution in [0.1, 0.15) is 41.6 Å². The lowest BCUT2D eigenvalue weighted by Gasteiger charge is -2.38. The largest absolute Gasteiger partial charge is 0.464 e. The molecule has 0 radical (unpaired) electrons. The predicted molar refractivity (Wildman–Crippen MR) is 68.6 cm³/mol. The van der Waals surface area contributed by atoms with Crippen LogP contribution in [-0.4, -0.2) is 24.6 Å². The maximum Gasteiger partial charge on any atom is 0.357 e. The summed E-state index contributed by atoms with van der Waals surface area (Å²) in [6.45, 7) is 5.10. The second-order valence-electron chi connectivity index (χ2n) is 4.93. The summed E-state index contributed by atoms with van der Waals surface area (Å²) in [6.07, 6.45) is 3.87. The Bertz CT molecular complexity index is 424. The Labute approximate surface area is 105 Å². The molecule has 0 amide bonds. The van der Waals surface area contributed by atoms with Gasteiger partial charge in [0.15, 0.2) is 10.8 Å². The van der Waals surface area contributed by atoms with Crippen LogP contribution in [0.15, 0.2) is 0 Å². The molecular formula is C12H18N2O2S. The molecule has 1 aliphatic rings. The van der Waals surface area contributed by atoms with E-state index in [2.05, 4.69) is 22.0 Å². The predicted octanol–water partition coefficient (Wildman–Crippen LogP) is 2.84. The van der Waals surface area contributed by atoms with Crippen LogP contribution < -0.4 is 5.32 Å². The summed E-state index contributed by atoms with van der Waals surface area (Å²) in [6, 6.07) is 0. The van der Waals surface area contributed by atoms with E-state index in [9.17, 15) is 4.79 Å². The molecule has 0 aliphatic heterocycles. The molecule has 0 aromatic carbocycles. The third kappa shape index (κ3) is 2.60. The average molecular weight is 254 g/mol. The number of carbonyl (C=O) groups excluding carboxylic acids is 1. The van der Waals surface area contributed by atoms with E-state index in [4.69, 9.17) is 0 Å². The van der Waals surface area contributed by atoms with Gasteiger partial charge in [-0.05, 0) is 25.2 Å². The Hall–Kier alpha value is -1.10. The summed E-state index contributed by atoms with van der Waals surface area (Å²) in [5, 5.41) is 4.14. The Morgan fingerprint density at radius 2 is 2.29 bits per heavy atom. The molecule has 1 heterocycles. The highest BCUT2D eigenvalue weighted by Crippen LogP contribution is 2.40. The Kier molecular flexibility index (Phi) is 3.38. The second kappa shape index (κ2) is 4.64. The lowest BCUT2D eigenvalue weighted by Crippen LogP contribution is -2.33. The van der Waals surface area contributed by atoms with Crippen molar-refractivity contribution in [1.29, 1.82) is 0 Å². The van der Waals surface area contributed by atoms with E-state index in [1.165, 1.54) is 37.7 Å². The Morgan fingerprint density at radius 3 is 2.82 bits per heavy atom. The Balaban J connectivity index is 1.99. The molecule has 1 N–H and O–H groups in total. The fraction of sp³-hybridized carbons (Fsp3) is 0.667. The lowest BCUT2D eigenvalue weighted by molar-refractivity contribution is 0.0594. The zero-order valence-corrected chi connectivity index (χ0v) is 11.3. The lowest BCUT2D eigenvalue weighted by atomic mass is 9.70. The number of rotatable bonds is 4. The van der Waals surface area contributed by atoms with Gasteiger partial charge < -0.3 is 10.1 Å². The third-order valence-corrected chi connectivity index (χ3v) is 4.33. The number of esters is 1. The molecule has 1 fully saturated rings. The maximum atomic E-state index is 11.4. The minimum atomic E-state index is -0.360. The molecule has 0 spiro atoms. The number of aromatic nitrogens is 1. The molecule has 17 heavy (non-hydrogen) atoms. The zero-order chi connectivity index (χ0) is 12.5. The molecule has 4 nitrogen and oxygen atoms in total. The van der Waals surface area contributed by atoms with Crippen LogP contribution in [0.2, 0.25) is 0 Å². The molecule has 0 saturated heterocycles. The van der Waals surface area contributed by atoms with Crippen molar-refractivity contribution in [3.63, 3.8) is 0 Å². The minimum absolute atomic E-state index is 0.360. The van der Waals surface area contributed by atoms with E-state index >= 15 is 0 Å². The molecule has 1 aromatic heterocycles. The van der Waals surface area contributed by atoms with Crippen LogP contribution in [0.4, 0.5) is 5.13 Å². The summed E-state index contributed by atoms with van der Waals surface area (Å²) < 4.78 is 4.69. The quantitative estimate of drug-likeness (QED) is 0.839. The van der Waals surface area contributed by atoms with Crippen molar-refractivity contribution in [1.82, 2.24) is 4.98 Å². The highest BCUT2D eigenvalue weighted by Gasteiger charge is 2.31. The van der Waals surface area contributed by atoms with E-state index in [1.54, 1.807) is 0 Å². The molecule has 94 valence electrons. The van der Waals surface area contributed by atoms with Crippen LogP contribution in [-0.2, 0) is 4.74 Å². The molecule has 1 aliphatic carbocycles. The number of anilines is 1. The first-order valence-corrected chi connectivity index (χ1v) is 6.65. The zero-order valence-electron chi connectivity index (χ0n) is 10.5. The number of aryl methyl sites for hydroxylation is 1. The van der Waals surface area contributed by atoms with Gasteiger partial charge in [-0.25, -0.2) is 9.78 Å². The fourth-order valence-electron chi connectivity index (χ4n) is 2.00. The highest BCUT2D eigenvalue weighted by molar-refractivity contribution is 7.15. The highest BCUT2D eigenvalue weighted by atomic mass is 32.1. The van der Waals surface area contributed by atoms with Crippen LogP contribution in [0.25, 0.3) is 0 Å². The first kappa shape index (κ1) is 12.4. The number of nitrogens with one attached hydrogen (secondary N) is 1. The van der Waals surface area contributed by atoms with Gasteiger partial charge in [-0.15, -0.1) is 11.3 Å². The maximum absolute atomic E-state index is 11.4. The molecule has 1 saturated carbocycles. The monoisotopic (exact) mass is 254 g/mol. The minimum Gasteiger partial charge on any atom is -0.464 e. The molecule has 2 rings (SSSR count). The van der Waals surface area contributed by atoms with Gasteiger partial charge in [0.05, 0.1) is 7.11 Å². The molecule has 5 heteroatoms. The van der Waals surface area contributed by atoms with E-state index < -0.39 is 0 Å². The molecule has 0 bridgehead atoms. The number of hydrogen-bond acceptors (Lipinski definition) is 5. The first-order chi connectivity index (χ1) is 8.04. The number of carbonyl (C=O) groups is 1. The van der Waals surface area contributed by atoms with Crippen molar-refractivity contribution in [3.8, 4) is 0 Å². The summed E-state index contributed by atoms with van der Waals surface area (Å²) >= 11 is 1.51. The van der Waals surface area contributed by atoms with Crippen LogP contribution >= 0.6 is 11.3 Å². The summed E-state index contributed by atoms with van der Waals surface area (Å²) in [5.41, 5.74) is 0.837. The number of nitrogens with zero attached hydrogens (tertiary/aromatic N) is 1. The summed E-state index contributed by atoms with van der Waals surface area (Å²) in [4.78, 5) is 16.6. The number of thiazole rings is 1. The van der Waals surface area contributed by atoms with Crippen LogP contribution in [0.5, 0.6) is 0 Å². The Morgan fingerprint density at radius 1 is 1.59 bits per heavy atom. The van der Waals surface area contributed by atoms with Crippen molar-refractivity contribution in [2.75, 3.05) is 19.0 Å². The van der Waals surface area contributed by atoms with Crippen molar-refractivity contribution >= 4 is 22.4 Å². The molecule has 0 atom stereocenters. The van der Waals surface area contributed by atoms with Crippen molar-refractivity contribution in [3.05, 3.63) is 10.6 Å². The standard InChI is InChI=1S/C12H18N2O2S/c1-8-9(10(15)16-3)14-11(17-8)13-7-12(2)5-4-6-12/h4-7H2,1-3H3,(H,13,14). The SMILES string of the molecule is COC(=O)c1nc(NCC2(C)CCC2)sc1C. The van der Waals surface area contributed by atoms with Gasteiger partial charge in [0.25, 0.3) is 0 Å². The molecular weight excluding hydrogens is 236 g/mol. The average Bonchev–Trinajstić information content (AvgIpc) is 2.64. The molecule has 1 aromatic rings. The van der Waals surface area contributed by atoms with E-state index in [-0.39, 0.29) is 5.97 Å². The smallest absolute Gasteiger partial charge is 0.357 e. The second-order valence-corrected chi connectivity index (χ2v) is 6.14. The van der Waals surface area contributed by atoms with E-state index in [1.807, 2.05) is 6.92 Å². The number of methoxy groups -OCH3 is 1.